The molecular formula is C16H13IN2O3. The Kier molecular flexibility index (Phi) is 4.28. The highest BCUT2D eigenvalue weighted by Crippen LogP contribution is 2.35. The Labute approximate surface area is 141 Å². The highest BCUT2D eigenvalue weighted by Gasteiger charge is 2.11. The zero-order valence-corrected chi connectivity index (χ0v) is 13.9. The van der Waals surface area contributed by atoms with Gasteiger partial charge in [-0.15, -0.1) is 0 Å². The van der Waals surface area contributed by atoms with Gasteiger partial charge in [-0.25, -0.2) is 9.97 Å². The van der Waals surface area contributed by atoms with E-state index < -0.39 is 0 Å². The predicted octanol–water partition coefficient (Wildman–Crippen LogP) is 4.13. The summed E-state index contributed by atoms with van der Waals surface area (Å²) in [4.78, 5) is 8.36. The third-order valence-electron chi connectivity index (χ3n) is 2.99. The van der Waals surface area contributed by atoms with E-state index in [1.54, 1.807) is 12.1 Å². The summed E-state index contributed by atoms with van der Waals surface area (Å²) in [6.45, 7) is 2.32. The average Bonchev–Trinajstić information content (AvgIpc) is 2.49. The third-order valence-corrected chi connectivity index (χ3v) is 3.66. The van der Waals surface area contributed by atoms with Gasteiger partial charge in [0.05, 0.1) is 17.5 Å². The van der Waals surface area contributed by atoms with E-state index in [0.717, 1.165) is 3.57 Å². The molecule has 112 valence electrons. The first-order valence-electron chi connectivity index (χ1n) is 6.71. The van der Waals surface area contributed by atoms with Gasteiger partial charge in [0.2, 0.25) is 5.88 Å². The number of ether oxygens (including phenoxy) is 2. The van der Waals surface area contributed by atoms with E-state index in [9.17, 15) is 5.11 Å². The van der Waals surface area contributed by atoms with Crippen LogP contribution in [0.5, 0.6) is 23.1 Å². The van der Waals surface area contributed by atoms with Gasteiger partial charge < -0.3 is 14.6 Å². The van der Waals surface area contributed by atoms with Gasteiger partial charge in [-0.2, -0.15) is 0 Å². The summed E-state index contributed by atoms with van der Waals surface area (Å²) in [6, 6.07) is 10.9. The van der Waals surface area contributed by atoms with Gasteiger partial charge in [-0.1, -0.05) is 6.07 Å². The van der Waals surface area contributed by atoms with Crippen LogP contribution in [0.25, 0.3) is 10.9 Å². The molecule has 0 aliphatic rings. The van der Waals surface area contributed by atoms with E-state index in [0.29, 0.717) is 34.9 Å². The van der Waals surface area contributed by atoms with Crippen molar-refractivity contribution in [3.8, 4) is 23.1 Å². The van der Waals surface area contributed by atoms with E-state index in [-0.39, 0.29) is 5.75 Å². The van der Waals surface area contributed by atoms with Gasteiger partial charge in [0.15, 0.2) is 11.5 Å². The number of nitrogens with zero attached hydrogens (tertiary/aromatic N) is 2. The van der Waals surface area contributed by atoms with E-state index >= 15 is 0 Å². The second kappa shape index (κ2) is 6.35. The molecule has 5 nitrogen and oxygen atoms in total. The smallest absolute Gasteiger partial charge is 0.230 e. The molecule has 0 spiro atoms. The minimum atomic E-state index is 0.0386. The van der Waals surface area contributed by atoms with Crippen molar-refractivity contribution >= 4 is 33.5 Å². The number of benzene rings is 2. The Morgan fingerprint density at radius 2 is 2.05 bits per heavy atom. The largest absolute Gasteiger partial charge is 0.504 e. The first kappa shape index (κ1) is 14.8. The lowest BCUT2D eigenvalue weighted by Gasteiger charge is -2.10. The average molecular weight is 408 g/mol. The van der Waals surface area contributed by atoms with Crippen LogP contribution in [0.2, 0.25) is 0 Å². The zero-order valence-electron chi connectivity index (χ0n) is 11.8. The molecule has 0 aliphatic carbocycles. The Hall–Kier alpha value is -2.09. The minimum Gasteiger partial charge on any atom is -0.504 e. The number of hydrogen-bond acceptors (Lipinski definition) is 5. The zero-order chi connectivity index (χ0) is 15.5. The van der Waals surface area contributed by atoms with Crippen LogP contribution in [0.1, 0.15) is 6.92 Å². The number of phenols is 1. The van der Waals surface area contributed by atoms with Crippen LogP contribution < -0.4 is 9.47 Å². The maximum atomic E-state index is 10.0. The molecule has 1 heterocycles. The van der Waals surface area contributed by atoms with E-state index in [4.69, 9.17) is 9.47 Å². The Balaban J connectivity index is 2.04. The number of fused-ring (bicyclic) bond motifs is 1. The molecule has 3 aromatic rings. The summed E-state index contributed by atoms with van der Waals surface area (Å²) in [6.07, 6.45) is 1.43. The van der Waals surface area contributed by atoms with E-state index in [1.165, 1.54) is 6.33 Å². The summed E-state index contributed by atoms with van der Waals surface area (Å²) in [5, 5.41) is 10.7. The third kappa shape index (κ3) is 3.06. The van der Waals surface area contributed by atoms with Gasteiger partial charge in [0, 0.05) is 9.64 Å². The number of aromatic hydroxyl groups is 1. The normalized spacial score (nSPS) is 10.6. The van der Waals surface area contributed by atoms with Gasteiger partial charge in [-0.05, 0) is 53.8 Å². The molecule has 3 rings (SSSR count). The number of phenolic OH excluding ortho intramolecular Hbond substituents is 1. The lowest BCUT2D eigenvalue weighted by Crippen LogP contribution is -1.95. The molecule has 0 fully saturated rings. The Morgan fingerprint density at radius 3 is 2.82 bits per heavy atom. The minimum absolute atomic E-state index is 0.0386. The van der Waals surface area contributed by atoms with Crippen LogP contribution in [0.4, 0.5) is 0 Å². The molecule has 1 aromatic heterocycles. The quantitative estimate of drug-likeness (QED) is 0.658. The number of hydrogen-bond donors (Lipinski definition) is 1. The van der Waals surface area contributed by atoms with E-state index in [2.05, 4.69) is 32.6 Å². The molecule has 1 N–H and O–H groups in total. The van der Waals surface area contributed by atoms with Crippen LogP contribution >= 0.6 is 22.6 Å². The molecule has 0 atom stereocenters. The SMILES string of the molecule is CCOc1cc2ncnc(Oc3cccc(I)c3)c2cc1O. The molecule has 0 saturated carbocycles. The van der Waals surface area contributed by atoms with Crippen molar-refractivity contribution in [2.75, 3.05) is 6.61 Å². The standard InChI is InChI=1S/C16H13IN2O3/c1-2-21-15-8-13-12(7-14(15)20)16(19-9-18-13)22-11-5-3-4-10(17)6-11/h3-9,20H,2H2,1H3. The highest BCUT2D eigenvalue weighted by atomic mass is 127. The molecule has 0 aliphatic heterocycles. The molecule has 0 amide bonds. The van der Waals surface area contributed by atoms with Gasteiger partial charge in [-0.3, -0.25) is 0 Å². The topological polar surface area (TPSA) is 64.5 Å². The fourth-order valence-electron chi connectivity index (χ4n) is 2.04. The molecule has 0 radical (unpaired) electrons. The van der Waals surface area contributed by atoms with Crippen LogP contribution in [0.3, 0.4) is 0 Å². The number of aromatic nitrogens is 2. The maximum absolute atomic E-state index is 10.0. The highest BCUT2D eigenvalue weighted by molar-refractivity contribution is 14.1. The van der Waals surface area contributed by atoms with Crippen molar-refractivity contribution in [1.29, 1.82) is 0 Å². The molecular weight excluding hydrogens is 395 g/mol. The van der Waals surface area contributed by atoms with Crippen LogP contribution in [-0.4, -0.2) is 21.7 Å². The van der Waals surface area contributed by atoms with Gasteiger partial charge >= 0.3 is 0 Å². The van der Waals surface area contributed by atoms with Crippen molar-refractivity contribution in [2.45, 2.75) is 6.92 Å². The lowest BCUT2D eigenvalue weighted by molar-refractivity contribution is 0.318. The molecule has 0 saturated heterocycles. The molecule has 0 unspecified atom stereocenters. The first-order chi connectivity index (χ1) is 10.7. The molecule has 2 aromatic carbocycles. The fraction of sp³-hybridized carbons (Fsp3) is 0.125. The van der Waals surface area contributed by atoms with Crippen molar-refractivity contribution in [1.82, 2.24) is 9.97 Å². The summed E-state index contributed by atoms with van der Waals surface area (Å²) in [5.74, 6) is 1.51. The van der Waals surface area contributed by atoms with Crippen LogP contribution in [0, 0.1) is 3.57 Å². The maximum Gasteiger partial charge on any atom is 0.230 e. The van der Waals surface area contributed by atoms with Crippen molar-refractivity contribution in [3.63, 3.8) is 0 Å². The van der Waals surface area contributed by atoms with Gasteiger partial charge in [0.1, 0.15) is 12.1 Å². The fourth-order valence-corrected chi connectivity index (χ4v) is 2.56. The van der Waals surface area contributed by atoms with Crippen LogP contribution in [0.15, 0.2) is 42.7 Å². The summed E-state index contributed by atoms with van der Waals surface area (Å²) < 4.78 is 12.3. The van der Waals surface area contributed by atoms with Crippen LogP contribution in [-0.2, 0) is 0 Å². The molecule has 0 bridgehead atoms. The second-order valence-electron chi connectivity index (χ2n) is 4.51. The molecule has 22 heavy (non-hydrogen) atoms. The van der Waals surface area contributed by atoms with Crippen molar-refractivity contribution in [2.24, 2.45) is 0 Å². The Bertz CT molecular complexity index is 824. The lowest BCUT2D eigenvalue weighted by atomic mass is 10.2. The van der Waals surface area contributed by atoms with Crippen molar-refractivity contribution < 1.29 is 14.6 Å². The second-order valence-corrected chi connectivity index (χ2v) is 5.75. The first-order valence-corrected chi connectivity index (χ1v) is 7.79. The Morgan fingerprint density at radius 1 is 1.18 bits per heavy atom. The van der Waals surface area contributed by atoms with Crippen molar-refractivity contribution in [3.05, 3.63) is 46.3 Å². The number of rotatable bonds is 4. The van der Waals surface area contributed by atoms with Gasteiger partial charge in [0.25, 0.3) is 0 Å². The summed E-state index contributed by atoms with van der Waals surface area (Å²) in [5.41, 5.74) is 0.650. The predicted molar refractivity (Wildman–Crippen MR) is 91.6 cm³/mol. The van der Waals surface area contributed by atoms with E-state index in [1.807, 2.05) is 31.2 Å². The summed E-state index contributed by atoms with van der Waals surface area (Å²) >= 11 is 2.22. The monoisotopic (exact) mass is 408 g/mol. The number of halogens is 1. The summed E-state index contributed by atoms with van der Waals surface area (Å²) in [7, 11) is 0. The molecule has 6 heteroatoms.